The average molecular weight is 262 g/mol. The van der Waals surface area contributed by atoms with Crippen molar-refractivity contribution in [3.05, 3.63) is 22.0 Å². The van der Waals surface area contributed by atoms with Crippen molar-refractivity contribution >= 4 is 21.6 Å². The van der Waals surface area contributed by atoms with Crippen molar-refractivity contribution < 1.29 is 10.2 Å². The molecule has 0 aromatic rings. The number of allylic oxidation sites excluding steroid dienone is 4. The summed E-state index contributed by atoms with van der Waals surface area (Å²) < 4.78 is 0. The lowest BCUT2D eigenvalue weighted by Gasteiger charge is -2.03. The highest BCUT2D eigenvalue weighted by Gasteiger charge is 2.03. The van der Waals surface area contributed by atoms with Crippen LogP contribution in [0.3, 0.4) is 0 Å². The van der Waals surface area contributed by atoms with Crippen molar-refractivity contribution in [3.63, 3.8) is 0 Å². The minimum absolute atomic E-state index is 0.371. The van der Waals surface area contributed by atoms with Gasteiger partial charge in [0.1, 0.15) is 6.10 Å². The van der Waals surface area contributed by atoms with Gasteiger partial charge < -0.3 is 10.2 Å². The summed E-state index contributed by atoms with van der Waals surface area (Å²) in [7, 11) is 3.09. The highest BCUT2D eigenvalue weighted by Crippen LogP contribution is 2.39. The summed E-state index contributed by atoms with van der Waals surface area (Å²) in [4.78, 5) is 1.90. The molecule has 86 valence electrons. The van der Waals surface area contributed by atoms with Crippen LogP contribution in [0, 0.1) is 35.5 Å². The molecule has 0 saturated heterocycles. The van der Waals surface area contributed by atoms with Crippen LogP contribution in [0.4, 0.5) is 0 Å². The molecule has 0 unspecified atom stereocenters. The second kappa shape index (κ2) is 7.96. The number of aliphatic hydroxyl groups is 2. The standard InChI is InChI=1S/C13H10O2S2/c1-2-5-12-8-9-13(17-16-12)7-4-3-6-11(15)10-14/h8-9,11,14-15H,10H2,1H3/t11-/m0/s1. The molecule has 4 heteroatoms. The number of rotatable bonds is 1. The second-order valence-corrected chi connectivity index (χ2v) is 5.03. The molecule has 0 spiro atoms. The zero-order valence-corrected chi connectivity index (χ0v) is 10.8. The summed E-state index contributed by atoms with van der Waals surface area (Å²) in [5, 5.41) is 17.5. The van der Waals surface area contributed by atoms with E-state index in [9.17, 15) is 0 Å². The van der Waals surface area contributed by atoms with Gasteiger partial charge in [-0.3, -0.25) is 0 Å². The highest BCUT2D eigenvalue weighted by atomic mass is 33.1. The first-order valence-corrected chi connectivity index (χ1v) is 6.91. The van der Waals surface area contributed by atoms with E-state index in [-0.39, 0.29) is 6.61 Å². The second-order valence-electron chi connectivity index (χ2n) is 2.82. The van der Waals surface area contributed by atoms with E-state index in [2.05, 4.69) is 35.5 Å². The van der Waals surface area contributed by atoms with Crippen LogP contribution in [-0.2, 0) is 0 Å². The summed E-state index contributed by atoms with van der Waals surface area (Å²) in [5.74, 6) is 16.2. The summed E-state index contributed by atoms with van der Waals surface area (Å²) in [6, 6.07) is 0. The first-order valence-electron chi connectivity index (χ1n) is 4.76. The van der Waals surface area contributed by atoms with Crippen LogP contribution in [0.5, 0.6) is 0 Å². The Hall–Kier alpha value is -1.22. The fraction of sp³-hybridized carbons (Fsp3) is 0.231. The molecule has 0 amide bonds. The average Bonchev–Trinajstić information content (AvgIpc) is 2.36. The molecule has 17 heavy (non-hydrogen) atoms. The Kier molecular flexibility index (Phi) is 6.48. The SMILES string of the molecule is CC#CC1=CC=C(C#CC#C[C@H](O)CO)SS1. The Labute approximate surface area is 109 Å². The third-order valence-corrected chi connectivity index (χ3v) is 3.76. The Morgan fingerprint density at radius 1 is 1.18 bits per heavy atom. The topological polar surface area (TPSA) is 40.5 Å². The lowest BCUT2D eigenvalue weighted by Crippen LogP contribution is -2.07. The van der Waals surface area contributed by atoms with E-state index in [1.807, 2.05) is 12.2 Å². The minimum atomic E-state index is -1.02. The molecular weight excluding hydrogens is 252 g/mol. The summed E-state index contributed by atoms with van der Waals surface area (Å²) in [6.45, 7) is 1.43. The number of aliphatic hydroxyl groups excluding tert-OH is 2. The van der Waals surface area contributed by atoms with Gasteiger partial charge in [0.05, 0.1) is 16.4 Å². The maximum atomic E-state index is 8.95. The third-order valence-electron chi connectivity index (χ3n) is 1.52. The molecule has 1 rings (SSSR count). The lowest BCUT2D eigenvalue weighted by molar-refractivity contribution is 0.138. The number of hydrogen-bond donors (Lipinski definition) is 2. The van der Waals surface area contributed by atoms with Gasteiger partial charge in [0.25, 0.3) is 0 Å². The molecule has 1 heterocycles. The molecule has 0 saturated carbocycles. The normalized spacial score (nSPS) is 14.8. The Bertz CT molecular complexity index is 513. The zero-order chi connectivity index (χ0) is 12.5. The molecule has 0 aromatic carbocycles. The predicted octanol–water partition coefficient (Wildman–Crippen LogP) is 1.53. The van der Waals surface area contributed by atoms with Gasteiger partial charge in [0.15, 0.2) is 0 Å². The maximum Gasteiger partial charge on any atom is 0.138 e. The fourth-order valence-corrected chi connectivity index (χ4v) is 2.59. The van der Waals surface area contributed by atoms with E-state index in [1.54, 1.807) is 17.7 Å². The van der Waals surface area contributed by atoms with Crippen molar-refractivity contribution in [1.82, 2.24) is 0 Å². The van der Waals surface area contributed by atoms with Gasteiger partial charge in [-0.25, -0.2) is 0 Å². The molecule has 0 aromatic heterocycles. The maximum absolute atomic E-state index is 8.95. The van der Waals surface area contributed by atoms with Gasteiger partial charge >= 0.3 is 0 Å². The van der Waals surface area contributed by atoms with E-state index in [1.165, 1.54) is 10.8 Å². The van der Waals surface area contributed by atoms with Crippen LogP contribution in [-0.4, -0.2) is 22.9 Å². The first kappa shape index (κ1) is 13.8. The van der Waals surface area contributed by atoms with Gasteiger partial charge in [0, 0.05) is 0 Å². The Morgan fingerprint density at radius 2 is 1.82 bits per heavy atom. The van der Waals surface area contributed by atoms with E-state index in [4.69, 9.17) is 10.2 Å². The van der Waals surface area contributed by atoms with E-state index in [0.717, 1.165) is 9.81 Å². The first-order chi connectivity index (χ1) is 8.26. The largest absolute Gasteiger partial charge is 0.393 e. The molecule has 0 fully saturated rings. The quantitative estimate of drug-likeness (QED) is 0.555. The van der Waals surface area contributed by atoms with E-state index < -0.39 is 6.10 Å². The Morgan fingerprint density at radius 3 is 2.35 bits per heavy atom. The van der Waals surface area contributed by atoms with Crippen molar-refractivity contribution in [3.8, 4) is 35.5 Å². The summed E-state index contributed by atoms with van der Waals surface area (Å²) >= 11 is 0. The molecule has 1 aliphatic heterocycles. The van der Waals surface area contributed by atoms with Gasteiger partial charge in [-0.1, -0.05) is 11.8 Å². The van der Waals surface area contributed by atoms with Gasteiger partial charge in [0.2, 0.25) is 0 Å². The lowest BCUT2D eigenvalue weighted by atomic mass is 10.3. The zero-order valence-electron chi connectivity index (χ0n) is 9.15. The molecule has 1 atom stereocenters. The monoisotopic (exact) mass is 262 g/mol. The van der Waals surface area contributed by atoms with Gasteiger partial charge in [-0.15, -0.1) is 5.92 Å². The van der Waals surface area contributed by atoms with Crippen molar-refractivity contribution in [1.29, 1.82) is 0 Å². The fourth-order valence-electron chi connectivity index (χ4n) is 0.803. The van der Waals surface area contributed by atoms with Crippen LogP contribution >= 0.6 is 21.6 Å². The van der Waals surface area contributed by atoms with Crippen LogP contribution in [0.2, 0.25) is 0 Å². The van der Waals surface area contributed by atoms with Crippen molar-refractivity contribution in [2.45, 2.75) is 13.0 Å². The van der Waals surface area contributed by atoms with Crippen molar-refractivity contribution in [2.24, 2.45) is 0 Å². The predicted molar refractivity (Wildman–Crippen MR) is 73.4 cm³/mol. The molecule has 2 N–H and O–H groups in total. The van der Waals surface area contributed by atoms with Crippen molar-refractivity contribution in [2.75, 3.05) is 6.61 Å². The molecule has 1 aliphatic rings. The van der Waals surface area contributed by atoms with Crippen LogP contribution < -0.4 is 0 Å². The molecule has 0 aliphatic carbocycles. The molecule has 0 bridgehead atoms. The van der Waals surface area contributed by atoms with E-state index in [0.29, 0.717) is 0 Å². The molecular formula is C13H10O2S2. The minimum Gasteiger partial charge on any atom is -0.393 e. The third kappa shape index (κ3) is 5.59. The molecule has 0 radical (unpaired) electrons. The number of hydrogen-bond acceptors (Lipinski definition) is 4. The van der Waals surface area contributed by atoms with Crippen LogP contribution in [0.1, 0.15) is 6.92 Å². The Balaban J connectivity index is 2.61. The summed E-state index contributed by atoms with van der Waals surface area (Å²) in [6.07, 6.45) is 2.79. The smallest absolute Gasteiger partial charge is 0.138 e. The van der Waals surface area contributed by atoms with Gasteiger partial charge in [-0.05, 0) is 58.4 Å². The summed E-state index contributed by atoms with van der Waals surface area (Å²) in [5.41, 5.74) is 0. The van der Waals surface area contributed by atoms with Crippen LogP contribution in [0.25, 0.3) is 0 Å². The van der Waals surface area contributed by atoms with E-state index >= 15 is 0 Å². The van der Waals surface area contributed by atoms with Gasteiger partial charge in [-0.2, -0.15) is 0 Å². The molecule has 2 nitrogen and oxygen atoms in total. The van der Waals surface area contributed by atoms with Crippen LogP contribution in [0.15, 0.2) is 22.0 Å². The highest BCUT2D eigenvalue weighted by molar-refractivity contribution is 8.79.